The van der Waals surface area contributed by atoms with Crippen molar-refractivity contribution in [1.82, 2.24) is 15.2 Å². The van der Waals surface area contributed by atoms with Crippen molar-refractivity contribution in [3.8, 4) is 28.3 Å². The van der Waals surface area contributed by atoms with Crippen molar-refractivity contribution in [2.45, 2.75) is 0 Å². The summed E-state index contributed by atoms with van der Waals surface area (Å²) >= 11 is 6.19. The van der Waals surface area contributed by atoms with Crippen LogP contribution < -0.4 is 10.5 Å². The molecule has 6 heteroatoms. The molecule has 1 heterocycles. The summed E-state index contributed by atoms with van der Waals surface area (Å²) in [5.41, 5.74) is 8.51. The van der Waals surface area contributed by atoms with Crippen LogP contribution in [0.2, 0.25) is 5.02 Å². The fourth-order valence-corrected chi connectivity index (χ4v) is 2.47. The van der Waals surface area contributed by atoms with Crippen LogP contribution in [0.25, 0.3) is 22.5 Å². The first kappa shape index (κ1) is 14.3. The van der Waals surface area contributed by atoms with E-state index < -0.39 is 0 Å². The summed E-state index contributed by atoms with van der Waals surface area (Å²) in [6.07, 6.45) is 0. The Morgan fingerprint density at radius 3 is 2.45 bits per heavy atom. The number of aromatic nitrogens is 3. The van der Waals surface area contributed by atoms with Gasteiger partial charge in [0, 0.05) is 11.1 Å². The van der Waals surface area contributed by atoms with Gasteiger partial charge in [0.2, 0.25) is 5.95 Å². The van der Waals surface area contributed by atoms with Crippen molar-refractivity contribution in [3.05, 3.63) is 53.6 Å². The van der Waals surface area contributed by atoms with E-state index in [1.165, 1.54) is 0 Å². The maximum Gasteiger partial charge on any atom is 0.240 e. The number of para-hydroxylation sites is 1. The molecule has 0 spiro atoms. The summed E-state index contributed by atoms with van der Waals surface area (Å²) in [5, 5.41) is 8.56. The highest BCUT2D eigenvalue weighted by Gasteiger charge is 2.17. The third-order valence-electron chi connectivity index (χ3n) is 3.18. The van der Waals surface area contributed by atoms with Crippen LogP contribution in [-0.4, -0.2) is 22.3 Å². The standard InChI is InChI=1S/C16H13ClN4O/c1-22-15-11(8-5-9-12(15)17)14-13(19-16(18)21-20-14)10-6-3-2-4-7-10/h2-9H,1H3,(H2,18,19,21). The maximum absolute atomic E-state index is 6.19. The van der Waals surface area contributed by atoms with Crippen molar-refractivity contribution in [3.63, 3.8) is 0 Å². The van der Waals surface area contributed by atoms with E-state index in [0.717, 1.165) is 5.56 Å². The van der Waals surface area contributed by atoms with Crippen LogP contribution in [-0.2, 0) is 0 Å². The minimum atomic E-state index is 0.114. The van der Waals surface area contributed by atoms with E-state index in [1.807, 2.05) is 42.5 Å². The molecule has 0 saturated carbocycles. The van der Waals surface area contributed by atoms with Crippen LogP contribution in [0.1, 0.15) is 0 Å². The number of nitrogens with zero attached hydrogens (tertiary/aromatic N) is 3. The Morgan fingerprint density at radius 2 is 1.73 bits per heavy atom. The van der Waals surface area contributed by atoms with Crippen LogP contribution in [0.4, 0.5) is 5.95 Å². The molecule has 0 saturated heterocycles. The number of nitrogens with two attached hydrogens (primary N) is 1. The molecule has 0 aliphatic heterocycles. The van der Waals surface area contributed by atoms with Gasteiger partial charge in [0.15, 0.2) is 0 Å². The Kier molecular flexibility index (Phi) is 3.89. The van der Waals surface area contributed by atoms with Gasteiger partial charge < -0.3 is 10.5 Å². The predicted octanol–water partition coefficient (Wildman–Crippen LogP) is 3.45. The van der Waals surface area contributed by atoms with Crippen LogP contribution in [0.5, 0.6) is 5.75 Å². The second kappa shape index (κ2) is 5.99. The molecule has 3 rings (SSSR count). The number of halogens is 1. The Bertz CT molecular complexity index is 808. The van der Waals surface area contributed by atoms with Crippen molar-refractivity contribution in [2.24, 2.45) is 0 Å². The SMILES string of the molecule is COc1c(Cl)cccc1-c1nnc(N)nc1-c1ccccc1. The molecule has 0 radical (unpaired) electrons. The zero-order valence-corrected chi connectivity index (χ0v) is 12.6. The zero-order valence-electron chi connectivity index (χ0n) is 11.8. The van der Waals surface area contributed by atoms with Crippen molar-refractivity contribution >= 4 is 17.5 Å². The second-order valence-electron chi connectivity index (χ2n) is 4.55. The molecule has 2 N–H and O–H groups in total. The van der Waals surface area contributed by atoms with Gasteiger partial charge in [-0.15, -0.1) is 10.2 Å². The first-order chi connectivity index (χ1) is 10.7. The largest absolute Gasteiger partial charge is 0.494 e. The van der Waals surface area contributed by atoms with Gasteiger partial charge in [-0.1, -0.05) is 48.0 Å². The maximum atomic E-state index is 6.19. The van der Waals surface area contributed by atoms with E-state index >= 15 is 0 Å². The van der Waals surface area contributed by atoms with E-state index in [4.69, 9.17) is 22.1 Å². The fraction of sp³-hybridized carbons (Fsp3) is 0.0625. The van der Waals surface area contributed by atoms with Gasteiger partial charge in [0.05, 0.1) is 12.1 Å². The topological polar surface area (TPSA) is 73.9 Å². The summed E-state index contributed by atoms with van der Waals surface area (Å²) in [6, 6.07) is 15.1. The van der Waals surface area contributed by atoms with Crippen molar-refractivity contribution in [2.75, 3.05) is 12.8 Å². The van der Waals surface area contributed by atoms with Gasteiger partial charge in [-0.3, -0.25) is 0 Å². The molecule has 0 bridgehead atoms. The normalized spacial score (nSPS) is 10.5. The first-order valence-corrected chi connectivity index (χ1v) is 6.97. The van der Waals surface area contributed by atoms with Crippen LogP contribution in [0.15, 0.2) is 48.5 Å². The van der Waals surface area contributed by atoms with E-state index in [-0.39, 0.29) is 5.95 Å². The Hall–Kier alpha value is -2.66. The third kappa shape index (κ3) is 2.58. The Balaban J connectivity index is 2.27. The number of nitrogen functional groups attached to an aromatic ring is 1. The van der Waals surface area contributed by atoms with Crippen molar-refractivity contribution < 1.29 is 4.74 Å². The summed E-state index contributed by atoms with van der Waals surface area (Å²) in [6.45, 7) is 0. The number of benzene rings is 2. The van der Waals surface area contributed by atoms with Crippen LogP contribution in [0.3, 0.4) is 0 Å². The van der Waals surface area contributed by atoms with Crippen molar-refractivity contribution in [1.29, 1.82) is 0 Å². The van der Waals surface area contributed by atoms with E-state index in [0.29, 0.717) is 27.7 Å². The average Bonchev–Trinajstić information content (AvgIpc) is 2.55. The van der Waals surface area contributed by atoms with Gasteiger partial charge in [0.1, 0.15) is 17.1 Å². The summed E-state index contributed by atoms with van der Waals surface area (Å²) in [7, 11) is 1.56. The molecular weight excluding hydrogens is 300 g/mol. The average molecular weight is 313 g/mol. The lowest BCUT2D eigenvalue weighted by atomic mass is 10.0. The third-order valence-corrected chi connectivity index (χ3v) is 3.47. The molecule has 5 nitrogen and oxygen atoms in total. The number of hydrogen-bond donors (Lipinski definition) is 1. The van der Waals surface area contributed by atoms with Gasteiger partial charge in [0.25, 0.3) is 0 Å². The molecule has 0 aliphatic rings. The summed E-state index contributed by atoms with van der Waals surface area (Å²) in [5.74, 6) is 0.644. The second-order valence-corrected chi connectivity index (χ2v) is 4.96. The van der Waals surface area contributed by atoms with E-state index in [1.54, 1.807) is 13.2 Å². The number of anilines is 1. The first-order valence-electron chi connectivity index (χ1n) is 6.59. The molecular formula is C16H13ClN4O. The lowest BCUT2D eigenvalue weighted by Gasteiger charge is -2.12. The van der Waals surface area contributed by atoms with Crippen LogP contribution in [0, 0.1) is 0 Å². The number of ether oxygens (including phenoxy) is 1. The number of hydrogen-bond acceptors (Lipinski definition) is 5. The highest BCUT2D eigenvalue weighted by atomic mass is 35.5. The molecule has 3 aromatic rings. The quantitative estimate of drug-likeness (QED) is 0.801. The molecule has 0 amide bonds. The minimum Gasteiger partial charge on any atom is -0.494 e. The molecule has 0 aliphatic carbocycles. The Labute approximate surface area is 132 Å². The van der Waals surface area contributed by atoms with Gasteiger partial charge >= 0.3 is 0 Å². The van der Waals surface area contributed by atoms with Gasteiger partial charge in [-0.25, -0.2) is 4.98 Å². The minimum absolute atomic E-state index is 0.114. The molecule has 0 fully saturated rings. The molecule has 1 aromatic heterocycles. The Morgan fingerprint density at radius 1 is 0.955 bits per heavy atom. The number of methoxy groups -OCH3 is 1. The highest BCUT2D eigenvalue weighted by Crippen LogP contribution is 2.38. The highest BCUT2D eigenvalue weighted by molar-refractivity contribution is 6.32. The molecule has 22 heavy (non-hydrogen) atoms. The van der Waals surface area contributed by atoms with Gasteiger partial charge in [-0.05, 0) is 12.1 Å². The molecule has 0 atom stereocenters. The molecule has 0 unspecified atom stereocenters. The number of rotatable bonds is 3. The molecule has 110 valence electrons. The summed E-state index contributed by atoms with van der Waals surface area (Å²) in [4.78, 5) is 4.33. The zero-order chi connectivity index (χ0) is 15.5. The lowest BCUT2D eigenvalue weighted by molar-refractivity contribution is 0.416. The van der Waals surface area contributed by atoms with Gasteiger partial charge in [-0.2, -0.15) is 0 Å². The summed E-state index contributed by atoms with van der Waals surface area (Å²) < 4.78 is 5.39. The molecule has 2 aromatic carbocycles. The fourth-order valence-electron chi connectivity index (χ4n) is 2.22. The lowest BCUT2D eigenvalue weighted by Crippen LogP contribution is -2.03. The van der Waals surface area contributed by atoms with Crippen LogP contribution >= 0.6 is 11.6 Å². The smallest absolute Gasteiger partial charge is 0.240 e. The van der Waals surface area contributed by atoms with E-state index in [9.17, 15) is 0 Å². The van der Waals surface area contributed by atoms with E-state index in [2.05, 4.69) is 15.2 Å². The predicted molar refractivity (Wildman–Crippen MR) is 86.7 cm³/mol. The monoisotopic (exact) mass is 312 g/mol.